The maximum Gasteiger partial charge on any atom is 0.247 e. The molecule has 0 radical (unpaired) electrons. The van der Waals surface area contributed by atoms with Gasteiger partial charge < -0.3 is 9.64 Å². The minimum absolute atomic E-state index is 0.222. The third-order valence-electron chi connectivity index (χ3n) is 4.17. The Bertz CT molecular complexity index is 685. The molecule has 0 saturated carbocycles. The summed E-state index contributed by atoms with van der Waals surface area (Å²) in [7, 11) is -3.56. The molecule has 1 fully saturated rings. The largest absolute Gasteiger partial charge is 0.490 e. The molecule has 1 saturated heterocycles. The maximum atomic E-state index is 12.9. The lowest BCUT2D eigenvalue weighted by molar-refractivity contribution is 0.232. The van der Waals surface area contributed by atoms with Crippen molar-refractivity contribution in [2.24, 2.45) is 0 Å². The van der Waals surface area contributed by atoms with Gasteiger partial charge in [0, 0.05) is 42.9 Å². The SMILES string of the molecule is C=CCN1[C@@H](C)COc2cc(N3CCSCC3)ccc2S1(=O)=O. The van der Waals surface area contributed by atoms with Crippen molar-refractivity contribution in [1.29, 1.82) is 0 Å². The molecule has 0 aromatic heterocycles. The van der Waals surface area contributed by atoms with Gasteiger partial charge in [0.05, 0.1) is 6.04 Å². The highest BCUT2D eigenvalue weighted by atomic mass is 32.2. The highest BCUT2D eigenvalue weighted by molar-refractivity contribution is 7.99. The third kappa shape index (κ3) is 3.22. The number of anilines is 1. The summed E-state index contributed by atoms with van der Waals surface area (Å²) < 4.78 is 33.1. The molecular weight excluding hydrogens is 332 g/mol. The normalized spacial score (nSPS) is 24.4. The van der Waals surface area contributed by atoms with Gasteiger partial charge >= 0.3 is 0 Å². The highest BCUT2D eigenvalue weighted by Crippen LogP contribution is 2.35. The predicted octanol–water partition coefficient (Wildman–Crippen LogP) is 2.20. The number of hydrogen-bond acceptors (Lipinski definition) is 5. The molecule has 1 atom stereocenters. The smallest absolute Gasteiger partial charge is 0.247 e. The molecule has 2 heterocycles. The standard InChI is InChI=1S/C16H22N2O3S2/c1-3-6-18-13(2)12-21-15-11-14(17-7-9-22-10-8-17)4-5-16(15)23(18,19)20/h3-5,11,13H,1,6-10,12H2,2H3/t13-/m0/s1. The van der Waals surface area contributed by atoms with E-state index in [1.807, 2.05) is 30.8 Å². The molecule has 5 nitrogen and oxygen atoms in total. The molecule has 23 heavy (non-hydrogen) atoms. The highest BCUT2D eigenvalue weighted by Gasteiger charge is 2.34. The first kappa shape index (κ1) is 16.7. The number of thioether (sulfide) groups is 1. The molecule has 0 aliphatic carbocycles. The van der Waals surface area contributed by atoms with Crippen LogP contribution in [0.25, 0.3) is 0 Å². The van der Waals surface area contributed by atoms with Crippen LogP contribution in [0.2, 0.25) is 0 Å². The van der Waals surface area contributed by atoms with E-state index in [4.69, 9.17) is 4.74 Å². The second kappa shape index (κ2) is 6.75. The summed E-state index contributed by atoms with van der Waals surface area (Å²) in [6.07, 6.45) is 1.61. The van der Waals surface area contributed by atoms with Crippen molar-refractivity contribution >= 4 is 27.5 Å². The Labute approximate surface area is 142 Å². The van der Waals surface area contributed by atoms with E-state index in [1.54, 1.807) is 12.1 Å². The van der Waals surface area contributed by atoms with E-state index < -0.39 is 10.0 Å². The molecule has 2 aliphatic rings. The Kier molecular flexibility index (Phi) is 4.89. The average Bonchev–Trinajstić information content (AvgIpc) is 2.66. The predicted molar refractivity (Wildman–Crippen MR) is 95.0 cm³/mol. The van der Waals surface area contributed by atoms with Gasteiger partial charge in [0.15, 0.2) is 0 Å². The second-order valence-electron chi connectivity index (χ2n) is 5.75. The minimum atomic E-state index is -3.56. The number of nitrogens with zero attached hydrogens (tertiary/aromatic N) is 2. The summed E-state index contributed by atoms with van der Waals surface area (Å²) in [5.74, 6) is 2.65. The molecule has 1 aromatic rings. The van der Waals surface area contributed by atoms with Crippen LogP contribution in [0.3, 0.4) is 0 Å². The van der Waals surface area contributed by atoms with Crippen LogP contribution >= 0.6 is 11.8 Å². The Morgan fingerprint density at radius 3 is 2.83 bits per heavy atom. The lowest BCUT2D eigenvalue weighted by Crippen LogP contribution is -2.39. The van der Waals surface area contributed by atoms with Gasteiger partial charge in [-0.2, -0.15) is 16.1 Å². The molecule has 0 bridgehead atoms. The van der Waals surface area contributed by atoms with Crippen molar-refractivity contribution in [1.82, 2.24) is 4.31 Å². The van der Waals surface area contributed by atoms with Gasteiger partial charge in [0.25, 0.3) is 0 Å². The lowest BCUT2D eigenvalue weighted by atomic mass is 10.2. The van der Waals surface area contributed by atoms with E-state index in [0.29, 0.717) is 12.4 Å². The van der Waals surface area contributed by atoms with Crippen LogP contribution in [0.5, 0.6) is 5.75 Å². The fourth-order valence-electron chi connectivity index (χ4n) is 2.90. The van der Waals surface area contributed by atoms with Crippen molar-refractivity contribution in [2.45, 2.75) is 17.9 Å². The van der Waals surface area contributed by atoms with E-state index in [2.05, 4.69) is 11.5 Å². The summed E-state index contributed by atoms with van der Waals surface area (Å²) >= 11 is 1.95. The van der Waals surface area contributed by atoms with Crippen molar-refractivity contribution in [3.63, 3.8) is 0 Å². The van der Waals surface area contributed by atoms with Gasteiger partial charge in [-0.05, 0) is 19.1 Å². The van der Waals surface area contributed by atoms with Crippen LogP contribution in [0.1, 0.15) is 6.92 Å². The number of fused-ring (bicyclic) bond motifs is 1. The summed E-state index contributed by atoms with van der Waals surface area (Å²) in [6.45, 7) is 8.12. The van der Waals surface area contributed by atoms with Crippen LogP contribution in [0.15, 0.2) is 35.7 Å². The van der Waals surface area contributed by atoms with E-state index >= 15 is 0 Å². The minimum Gasteiger partial charge on any atom is -0.490 e. The first-order valence-corrected chi connectivity index (χ1v) is 10.4. The molecule has 3 rings (SSSR count). The summed E-state index contributed by atoms with van der Waals surface area (Å²) in [5.41, 5.74) is 1.03. The fraction of sp³-hybridized carbons (Fsp3) is 0.500. The van der Waals surface area contributed by atoms with Gasteiger partial charge in [-0.15, -0.1) is 6.58 Å². The molecule has 0 amide bonds. The zero-order valence-corrected chi connectivity index (χ0v) is 14.9. The average molecular weight is 354 g/mol. The molecule has 126 valence electrons. The number of ether oxygens (including phenoxy) is 1. The molecule has 0 spiro atoms. The first-order valence-electron chi connectivity index (χ1n) is 7.76. The summed E-state index contributed by atoms with van der Waals surface area (Å²) in [6, 6.07) is 5.21. The van der Waals surface area contributed by atoms with Gasteiger partial charge in [-0.1, -0.05) is 6.08 Å². The van der Waals surface area contributed by atoms with E-state index in [0.717, 1.165) is 30.3 Å². The fourth-order valence-corrected chi connectivity index (χ4v) is 5.51. The number of rotatable bonds is 3. The van der Waals surface area contributed by atoms with E-state index in [1.165, 1.54) is 4.31 Å². The van der Waals surface area contributed by atoms with Gasteiger partial charge in [0.1, 0.15) is 17.3 Å². The topological polar surface area (TPSA) is 49.9 Å². The molecular formula is C16H22N2O3S2. The van der Waals surface area contributed by atoms with Crippen LogP contribution in [-0.4, -0.2) is 56.5 Å². The maximum absolute atomic E-state index is 12.9. The zero-order valence-electron chi connectivity index (χ0n) is 13.3. The molecule has 0 unspecified atom stereocenters. The number of hydrogen-bond donors (Lipinski definition) is 0. The van der Waals surface area contributed by atoms with Crippen LogP contribution in [-0.2, 0) is 10.0 Å². The Hall–Kier alpha value is -1.18. The van der Waals surface area contributed by atoms with Crippen molar-refractivity contribution in [3.8, 4) is 5.75 Å². The van der Waals surface area contributed by atoms with Gasteiger partial charge in [-0.3, -0.25) is 0 Å². The van der Waals surface area contributed by atoms with Crippen molar-refractivity contribution in [3.05, 3.63) is 30.9 Å². The van der Waals surface area contributed by atoms with Gasteiger partial charge in [0.2, 0.25) is 10.0 Å². The summed E-state index contributed by atoms with van der Waals surface area (Å²) in [5, 5.41) is 0. The number of sulfonamides is 1. The van der Waals surface area contributed by atoms with Crippen LogP contribution < -0.4 is 9.64 Å². The number of benzene rings is 1. The Morgan fingerprint density at radius 2 is 2.13 bits per heavy atom. The lowest BCUT2D eigenvalue weighted by Gasteiger charge is -2.29. The van der Waals surface area contributed by atoms with E-state index in [9.17, 15) is 8.42 Å². The third-order valence-corrected chi connectivity index (χ3v) is 7.13. The molecule has 2 aliphatic heterocycles. The molecule has 1 aromatic carbocycles. The monoisotopic (exact) mass is 354 g/mol. The molecule has 7 heteroatoms. The quantitative estimate of drug-likeness (QED) is 0.779. The van der Waals surface area contributed by atoms with Crippen molar-refractivity contribution in [2.75, 3.05) is 42.6 Å². The Morgan fingerprint density at radius 1 is 1.39 bits per heavy atom. The summed E-state index contributed by atoms with van der Waals surface area (Å²) in [4.78, 5) is 2.53. The van der Waals surface area contributed by atoms with Crippen LogP contribution in [0, 0.1) is 0 Å². The van der Waals surface area contributed by atoms with Gasteiger partial charge in [-0.25, -0.2) is 8.42 Å². The zero-order chi connectivity index (χ0) is 16.4. The van der Waals surface area contributed by atoms with E-state index in [-0.39, 0.29) is 17.5 Å². The first-order chi connectivity index (χ1) is 11.0. The van der Waals surface area contributed by atoms with Crippen molar-refractivity contribution < 1.29 is 13.2 Å². The van der Waals surface area contributed by atoms with Crippen LogP contribution in [0.4, 0.5) is 5.69 Å². The molecule has 0 N–H and O–H groups in total. The Balaban J connectivity index is 1.98. The second-order valence-corrected chi connectivity index (χ2v) is 8.84.